The Kier molecular flexibility index (Phi) is 3.30. The van der Waals surface area contributed by atoms with E-state index in [-0.39, 0.29) is 6.04 Å². The van der Waals surface area contributed by atoms with Gasteiger partial charge in [0.15, 0.2) is 0 Å². The standard InChI is InChI=1S/C8H17NO2/c1-10-7-3-6(9)4-8(5-7)11-2/h6-8H,3-5,9H2,1-2H3/t6-,7-,8+. The van der Waals surface area contributed by atoms with E-state index in [0.717, 1.165) is 19.3 Å². The van der Waals surface area contributed by atoms with Crippen LogP contribution in [0, 0.1) is 0 Å². The molecular weight excluding hydrogens is 142 g/mol. The van der Waals surface area contributed by atoms with Crippen molar-refractivity contribution in [3.63, 3.8) is 0 Å². The lowest BCUT2D eigenvalue weighted by Crippen LogP contribution is -2.39. The topological polar surface area (TPSA) is 44.5 Å². The van der Waals surface area contributed by atoms with Crippen molar-refractivity contribution < 1.29 is 9.47 Å². The fourth-order valence-electron chi connectivity index (χ4n) is 1.64. The van der Waals surface area contributed by atoms with Crippen LogP contribution < -0.4 is 5.73 Å². The second-order valence-electron chi connectivity index (χ2n) is 3.18. The third kappa shape index (κ3) is 2.43. The molecule has 66 valence electrons. The van der Waals surface area contributed by atoms with Crippen molar-refractivity contribution in [1.29, 1.82) is 0 Å². The molecule has 3 heteroatoms. The molecule has 0 radical (unpaired) electrons. The molecule has 0 aliphatic heterocycles. The molecule has 1 saturated carbocycles. The van der Waals surface area contributed by atoms with Gasteiger partial charge in [0.25, 0.3) is 0 Å². The zero-order valence-corrected chi connectivity index (χ0v) is 7.25. The third-order valence-electron chi connectivity index (χ3n) is 2.32. The molecule has 3 nitrogen and oxygen atoms in total. The Morgan fingerprint density at radius 3 is 1.82 bits per heavy atom. The molecule has 0 amide bonds. The van der Waals surface area contributed by atoms with Gasteiger partial charge in [-0.25, -0.2) is 0 Å². The molecule has 0 bridgehead atoms. The van der Waals surface area contributed by atoms with Crippen molar-refractivity contribution >= 4 is 0 Å². The van der Waals surface area contributed by atoms with Crippen molar-refractivity contribution in [2.45, 2.75) is 37.5 Å². The molecule has 1 fully saturated rings. The van der Waals surface area contributed by atoms with Crippen LogP contribution in [0.25, 0.3) is 0 Å². The van der Waals surface area contributed by atoms with Gasteiger partial charge in [-0.2, -0.15) is 0 Å². The molecule has 1 aliphatic carbocycles. The maximum absolute atomic E-state index is 5.81. The van der Waals surface area contributed by atoms with E-state index in [0.29, 0.717) is 12.2 Å². The van der Waals surface area contributed by atoms with E-state index >= 15 is 0 Å². The van der Waals surface area contributed by atoms with Crippen molar-refractivity contribution in [3.8, 4) is 0 Å². The summed E-state index contributed by atoms with van der Waals surface area (Å²) in [5.74, 6) is 0. The van der Waals surface area contributed by atoms with Crippen LogP contribution in [-0.2, 0) is 9.47 Å². The van der Waals surface area contributed by atoms with Gasteiger partial charge in [0.2, 0.25) is 0 Å². The van der Waals surface area contributed by atoms with Crippen LogP contribution in [0.1, 0.15) is 19.3 Å². The quantitative estimate of drug-likeness (QED) is 0.639. The Balaban J connectivity index is 2.37. The van der Waals surface area contributed by atoms with Crippen LogP contribution in [0.3, 0.4) is 0 Å². The molecule has 0 unspecified atom stereocenters. The largest absolute Gasteiger partial charge is 0.381 e. The zero-order chi connectivity index (χ0) is 8.27. The van der Waals surface area contributed by atoms with E-state index in [9.17, 15) is 0 Å². The minimum absolute atomic E-state index is 0.249. The molecule has 0 aromatic rings. The van der Waals surface area contributed by atoms with Gasteiger partial charge in [-0.1, -0.05) is 0 Å². The highest BCUT2D eigenvalue weighted by molar-refractivity contribution is 4.81. The molecule has 2 N–H and O–H groups in total. The van der Waals surface area contributed by atoms with Crippen molar-refractivity contribution in [2.24, 2.45) is 5.73 Å². The summed E-state index contributed by atoms with van der Waals surface area (Å²) in [6.07, 6.45) is 3.51. The van der Waals surface area contributed by atoms with Crippen LogP contribution in [0.15, 0.2) is 0 Å². The Hall–Kier alpha value is -0.120. The van der Waals surface area contributed by atoms with Gasteiger partial charge in [0.05, 0.1) is 12.2 Å². The van der Waals surface area contributed by atoms with Gasteiger partial charge in [0, 0.05) is 20.3 Å². The lowest BCUT2D eigenvalue weighted by Gasteiger charge is -2.31. The molecule has 0 heterocycles. The van der Waals surface area contributed by atoms with E-state index in [1.807, 2.05) is 0 Å². The molecule has 11 heavy (non-hydrogen) atoms. The van der Waals surface area contributed by atoms with E-state index in [4.69, 9.17) is 15.2 Å². The highest BCUT2D eigenvalue weighted by atomic mass is 16.5. The summed E-state index contributed by atoms with van der Waals surface area (Å²) in [6, 6.07) is 0.249. The predicted molar refractivity (Wildman–Crippen MR) is 43.4 cm³/mol. The summed E-state index contributed by atoms with van der Waals surface area (Å²) in [5, 5.41) is 0. The lowest BCUT2D eigenvalue weighted by molar-refractivity contribution is -0.0158. The van der Waals surface area contributed by atoms with Crippen LogP contribution >= 0.6 is 0 Å². The van der Waals surface area contributed by atoms with Crippen LogP contribution in [0.5, 0.6) is 0 Å². The lowest BCUT2D eigenvalue weighted by atomic mass is 9.91. The van der Waals surface area contributed by atoms with Crippen molar-refractivity contribution in [2.75, 3.05) is 14.2 Å². The summed E-state index contributed by atoms with van der Waals surface area (Å²) in [7, 11) is 3.46. The highest BCUT2D eigenvalue weighted by Gasteiger charge is 2.26. The second kappa shape index (κ2) is 4.04. The number of hydrogen-bond donors (Lipinski definition) is 1. The predicted octanol–water partition coefficient (Wildman–Crippen LogP) is 0.528. The normalized spacial score (nSPS) is 39.0. The van der Waals surface area contributed by atoms with E-state index in [1.165, 1.54) is 0 Å². The summed E-state index contributed by atoms with van der Waals surface area (Å²) in [5.41, 5.74) is 5.81. The SMILES string of the molecule is CO[C@@H]1C[C@@H](N)C[C@H](OC)C1. The van der Waals surface area contributed by atoms with Gasteiger partial charge >= 0.3 is 0 Å². The molecular formula is C8H17NO2. The smallest absolute Gasteiger partial charge is 0.0610 e. The molecule has 1 rings (SSSR count). The average Bonchev–Trinajstić information content (AvgIpc) is 2.03. The van der Waals surface area contributed by atoms with Crippen molar-refractivity contribution in [1.82, 2.24) is 0 Å². The summed E-state index contributed by atoms with van der Waals surface area (Å²) in [6.45, 7) is 0. The van der Waals surface area contributed by atoms with E-state index in [2.05, 4.69) is 0 Å². The second-order valence-corrected chi connectivity index (χ2v) is 3.18. The molecule has 0 aromatic carbocycles. The fourth-order valence-corrected chi connectivity index (χ4v) is 1.64. The monoisotopic (exact) mass is 159 g/mol. The Bertz CT molecular complexity index is 107. The van der Waals surface area contributed by atoms with Crippen molar-refractivity contribution in [3.05, 3.63) is 0 Å². The van der Waals surface area contributed by atoms with Gasteiger partial charge in [-0.3, -0.25) is 0 Å². The summed E-state index contributed by atoms with van der Waals surface area (Å²) in [4.78, 5) is 0. The first-order valence-corrected chi connectivity index (χ1v) is 4.07. The van der Waals surface area contributed by atoms with E-state index < -0.39 is 0 Å². The minimum atomic E-state index is 0.249. The minimum Gasteiger partial charge on any atom is -0.381 e. The first-order valence-electron chi connectivity index (χ1n) is 4.07. The maximum Gasteiger partial charge on any atom is 0.0610 e. The Labute approximate surface area is 67.9 Å². The number of hydrogen-bond acceptors (Lipinski definition) is 3. The summed E-state index contributed by atoms with van der Waals surface area (Å²) < 4.78 is 10.5. The molecule has 0 aromatic heterocycles. The molecule has 0 saturated heterocycles. The average molecular weight is 159 g/mol. The number of ether oxygens (including phenoxy) is 2. The third-order valence-corrected chi connectivity index (χ3v) is 2.32. The molecule has 1 aliphatic rings. The van der Waals surface area contributed by atoms with Crippen LogP contribution in [0.2, 0.25) is 0 Å². The number of methoxy groups -OCH3 is 2. The zero-order valence-electron chi connectivity index (χ0n) is 7.25. The van der Waals surface area contributed by atoms with E-state index in [1.54, 1.807) is 14.2 Å². The first-order chi connectivity index (χ1) is 5.26. The van der Waals surface area contributed by atoms with Crippen LogP contribution in [-0.4, -0.2) is 32.5 Å². The van der Waals surface area contributed by atoms with Gasteiger partial charge in [-0.05, 0) is 19.3 Å². The Morgan fingerprint density at radius 1 is 1.00 bits per heavy atom. The number of nitrogens with two attached hydrogens (primary N) is 1. The maximum atomic E-state index is 5.81. The molecule has 0 spiro atoms. The fraction of sp³-hybridized carbons (Fsp3) is 1.00. The summed E-state index contributed by atoms with van der Waals surface area (Å²) >= 11 is 0. The highest BCUT2D eigenvalue weighted by Crippen LogP contribution is 2.21. The molecule has 3 atom stereocenters. The Morgan fingerprint density at radius 2 is 1.45 bits per heavy atom. The van der Waals surface area contributed by atoms with Crippen LogP contribution in [0.4, 0.5) is 0 Å². The van der Waals surface area contributed by atoms with Gasteiger partial charge in [-0.15, -0.1) is 0 Å². The first kappa shape index (κ1) is 8.97. The number of rotatable bonds is 2. The van der Waals surface area contributed by atoms with Gasteiger partial charge < -0.3 is 15.2 Å². The van der Waals surface area contributed by atoms with Gasteiger partial charge in [0.1, 0.15) is 0 Å².